The van der Waals surface area contributed by atoms with Crippen LogP contribution in [0, 0.1) is 13.0 Å². The molecule has 0 aliphatic heterocycles. The number of benzene rings is 3. The summed E-state index contributed by atoms with van der Waals surface area (Å²) in [5, 5.41) is 13.1. The summed E-state index contributed by atoms with van der Waals surface area (Å²) in [6, 6.07) is 13.7. The minimum Gasteiger partial charge on any atom is -0.506 e. The fourth-order valence-electron chi connectivity index (χ4n) is 2.23. The average molecular weight is 610 g/mol. The van der Waals surface area contributed by atoms with Crippen LogP contribution in [0.2, 0.25) is 5.02 Å². The molecule has 0 radical (unpaired) electrons. The van der Waals surface area contributed by atoms with E-state index in [4.69, 9.17) is 16.3 Å². The zero-order valence-electron chi connectivity index (χ0n) is 13.5. The van der Waals surface area contributed by atoms with Gasteiger partial charge in [-0.15, -0.1) is 0 Å². The van der Waals surface area contributed by atoms with Crippen LogP contribution in [0.15, 0.2) is 54.6 Å². The largest absolute Gasteiger partial charge is 0.506 e. The summed E-state index contributed by atoms with van der Waals surface area (Å²) < 4.78 is 20.0. The average Bonchev–Trinajstić information content (AvgIpc) is 2.62. The van der Waals surface area contributed by atoms with Gasteiger partial charge in [-0.2, -0.15) is 0 Å². The standard InChI is InChI=1S/C19H11ClFI2NO3/c20-15-9-12(3-6-17(15)27-13-4-1-10(21)2-5-13)24-19(26)14-7-11(22)8-16(23)18(14)25/h1-9,25H,(H,24,26). The minimum absolute atomic E-state index is 0.0733. The van der Waals surface area contributed by atoms with Gasteiger partial charge in [0.05, 0.1) is 14.2 Å². The number of hydrogen-bond acceptors (Lipinski definition) is 3. The molecule has 0 atom stereocenters. The molecule has 0 bridgehead atoms. The molecule has 0 saturated carbocycles. The van der Waals surface area contributed by atoms with E-state index in [0.29, 0.717) is 20.8 Å². The summed E-state index contributed by atoms with van der Waals surface area (Å²) in [5.41, 5.74) is 0.624. The maximum Gasteiger partial charge on any atom is 0.259 e. The lowest BCUT2D eigenvalue weighted by Gasteiger charge is -2.11. The van der Waals surface area contributed by atoms with E-state index in [2.05, 4.69) is 27.9 Å². The van der Waals surface area contributed by atoms with Gasteiger partial charge >= 0.3 is 0 Å². The molecule has 0 fully saturated rings. The van der Waals surface area contributed by atoms with Gasteiger partial charge < -0.3 is 15.2 Å². The van der Waals surface area contributed by atoms with Gasteiger partial charge in [-0.25, -0.2) is 4.39 Å². The van der Waals surface area contributed by atoms with E-state index < -0.39 is 5.91 Å². The highest BCUT2D eigenvalue weighted by Gasteiger charge is 2.16. The van der Waals surface area contributed by atoms with E-state index in [0.717, 1.165) is 3.57 Å². The maximum absolute atomic E-state index is 13.0. The van der Waals surface area contributed by atoms with Crippen molar-refractivity contribution in [3.63, 3.8) is 0 Å². The second-order valence-corrected chi connectivity index (χ2v) is 8.25. The molecule has 138 valence electrons. The predicted molar refractivity (Wildman–Crippen MR) is 119 cm³/mol. The van der Waals surface area contributed by atoms with Crippen molar-refractivity contribution in [2.45, 2.75) is 0 Å². The van der Waals surface area contributed by atoms with Crippen LogP contribution in [0.5, 0.6) is 17.2 Å². The third-order valence-corrected chi connectivity index (χ3v) is 5.24. The minimum atomic E-state index is -0.452. The van der Waals surface area contributed by atoms with Crippen molar-refractivity contribution in [3.8, 4) is 17.2 Å². The summed E-state index contributed by atoms with van der Waals surface area (Å²) in [4.78, 5) is 12.5. The van der Waals surface area contributed by atoms with E-state index in [1.165, 1.54) is 30.3 Å². The van der Waals surface area contributed by atoms with Crippen LogP contribution in [0.25, 0.3) is 0 Å². The molecule has 27 heavy (non-hydrogen) atoms. The molecule has 0 aromatic heterocycles. The number of rotatable bonds is 4. The fourth-order valence-corrected chi connectivity index (χ4v) is 4.29. The zero-order chi connectivity index (χ0) is 19.6. The van der Waals surface area contributed by atoms with Gasteiger partial charge in [-0.05, 0) is 99.8 Å². The van der Waals surface area contributed by atoms with E-state index in [-0.39, 0.29) is 22.2 Å². The highest BCUT2D eigenvalue weighted by molar-refractivity contribution is 14.1. The van der Waals surface area contributed by atoms with E-state index >= 15 is 0 Å². The number of ether oxygens (including phenoxy) is 1. The van der Waals surface area contributed by atoms with Gasteiger partial charge in [-0.3, -0.25) is 4.79 Å². The van der Waals surface area contributed by atoms with Crippen molar-refractivity contribution in [3.05, 3.63) is 78.1 Å². The Morgan fingerprint density at radius 3 is 2.44 bits per heavy atom. The van der Waals surface area contributed by atoms with E-state index in [1.54, 1.807) is 24.3 Å². The third kappa shape index (κ3) is 5.02. The van der Waals surface area contributed by atoms with Gasteiger partial charge in [0.25, 0.3) is 5.91 Å². The quantitative estimate of drug-likeness (QED) is 0.335. The molecule has 0 aliphatic carbocycles. The Kier molecular flexibility index (Phi) is 6.43. The van der Waals surface area contributed by atoms with Crippen molar-refractivity contribution in [2.24, 2.45) is 0 Å². The highest BCUT2D eigenvalue weighted by Crippen LogP contribution is 2.33. The number of nitrogens with one attached hydrogen (secondary N) is 1. The van der Waals surface area contributed by atoms with E-state index in [1.807, 2.05) is 22.6 Å². The normalized spacial score (nSPS) is 10.5. The van der Waals surface area contributed by atoms with E-state index in [9.17, 15) is 14.3 Å². The van der Waals surface area contributed by atoms with Gasteiger partial charge in [-0.1, -0.05) is 11.6 Å². The molecule has 8 heteroatoms. The molecule has 4 nitrogen and oxygen atoms in total. The Morgan fingerprint density at radius 1 is 1.07 bits per heavy atom. The van der Waals surface area contributed by atoms with Crippen LogP contribution in [-0.4, -0.2) is 11.0 Å². The Bertz CT molecular complexity index is 1010. The second kappa shape index (κ2) is 8.61. The van der Waals surface area contributed by atoms with Gasteiger partial charge in [0.2, 0.25) is 0 Å². The first-order valence-corrected chi connectivity index (χ1v) is 10.1. The zero-order valence-corrected chi connectivity index (χ0v) is 18.5. The van der Waals surface area contributed by atoms with Crippen LogP contribution >= 0.6 is 56.8 Å². The summed E-state index contributed by atoms with van der Waals surface area (Å²) in [6.07, 6.45) is 0. The first-order chi connectivity index (χ1) is 12.8. The Labute approximate surface area is 187 Å². The Morgan fingerprint density at radius 2 is 1.78 bits per heavy atom. The Balaban J connectivity index is 1.78. The number of carbonyl (C=O) groups is 1. The molecule has 0 unspecified atom stereocenters. The summed E-state index contributed by atoms with van der Waals surface area (Å²) in [5.74, 6) is -0.0792. The molecule has 3 aromatic rings. The molecule has 3 aromatic carbocycles. The lowest BCUT2D eigenvalue weighted by atomic mass is 10.2. The third-order valence-electron chi connectivity index (χ3n) is 3.50. The van der Waals surface area contributed by atoms with Crippen LogP contribution in [0.4, 0.5) is 10.1 Å². The number of amides is 1. The molecule has 0 saturated heterocycles. The number of hydrogen-bond donors (Lipinski definition) is 2. The first-order valence-electron chi connectivity index (χ1n) is 7.56. The second-order valence-electron chi connectivity index (χ2n) is 5.44. The number of phenols is 1. The topological polar surface area (TPSA) is 58.6 Å². The van der Waals surface area contributed by atoms with Crippen LogP contribution in [0.3, 0.4) is 0 Å². The lowest BCUT2D eigenvalue weighted by Crippen LogP contribution is -2.12. The van der Waals surface area contributed by atoms with Crippen molar-refractivity contribution in [1.29, 1.82) is 0 Å². The molecular weight excluding hydrogens is 598 g/mol. The predicted octanol–water partition coefficient (Wildman–Crippen LogP) is 6.44. The SMILES string of the molecule is O=C(Nc1ccc(Oc2ccc(F)cc2)c(Cl)c1)c1cc(I)cc(I)c1O. The number of carbonyl (C=O) groups excluding carboxylic acids is 1. The summed E-state index contributed by atoms with van der Waals surface area (Å²) in [7, 11) is 0. The van der Waals surface area contributed by atoms with Gasteiger partial charge in [0.15, 0.2) is 0 Å². The summed E-state index contributed by atoms with van der Waals surface area (Å²) in [6.45, 7) is 0. The molecule has 0 spiro atoms. The van der Waals surface area contributed by atoms with Crippen molar-refractivity contribution >= 4 is 68.4 Å². The van der Waals surface area contributed by atoms with Crippen molar-refractivity contribution in [2.75, 3.05) is 5.32 Å². The molecule has 2 N–H and O–H groups in total. The summed E-state index contributed by atoms with van der Waals surface area (Å²) >= 11 is 10.3. The van der Waals surface area contributed by atoms with Gasteiger partial charge in [0.1, 0.15) is 23.1 Å². The number of anilines is 1. The van der Waals surface area contributed by atoms with Crippen LogP contribution < -0.4 is 10.1 Å². The van der Waals surface area contributed by atoms with Gasteiger partial charge in [0, 0.05) is 9.26 Å². The number of aromatic hydroxyl groups is 1. The number of phenolic OH excluding ortho intramolecular Hbond substituents is 1. The molecular formula is C19H11ClFI2NO3. The van der Waals surface area contributed by atoms with Crippen LogP contribution in [-0.2, 0) is 0 Å². The molecule has 1 amide bonds. The molecule has 3 rings (SSSR count). The van der Waals surface area contributed by atoms with Crippen molar-refractivity contribution < 1.29 is 19.0 Å². The lowest BCUT2D eigenvalue weighted by molar-refractivity contribution is 0.102. The number of halogens is 4. The maximum atomic E-state index is 13.0. The van der Waals surface area contributed by atoms with Crippen LogP contribution in [0.1, 0.15) is 10.4 Å². The smallest absolute Gasteiger partial charge is 0.259 e. The Hall–Kier alpha value is -1.59. The van der Waals surface area contributed by atoms with Crippen molar-refractivity contribution in [1.82, 2.24) is 0 Å². The fraction of sp³-hybridized carbons (Fsp3) is 0. The first kappa shape index (κ1) is 20.2. The molecule has 0 aliphatic rings. The molecule has 0 heterocycles. The highest BCUT2D eigenvalue weighted by atomic mass is 127. The monoisotopic (exact) mass is 609 g/mol.